The Morgan fingerprint density at radius 1 is 1.50 bits per heavy atom. The predicted molar refractivity (Wildman–Crippen MR) is 72.6 cm³/mol. The lowest BCUT2D eigenvalue weighted by atomic mass is 9.95. The summed E-state index contributed by atoms with van der Waals surface area (Å²) < 4.78 is 7.54. The molecule has 0 saturated carbocycles. The number of piperidine rings is 1. The minimum absolute atomic E-state index is 0.400. The average Bonchev–Trinajstić information content (AvgIpc) is 2.86. The van der Waals surface area contributed by atoms with Gasteiger partial charge >= 0.3 is 0 Å². The van der Waals surface area contributed by atoms with E-state index in [1.807, 2.05) is 18.0 Å². The van der Waals surface area contributed by atoms with Crippen molar-refractivity contribution >= 4 is 0 Å². The average molecular weight is 251 g/mol. The van der Waals surface area contributed by atoms with Crippen molar-refractivity contribution in [2.24, 2.45) is 5.92 Å². The first-order valence-corrected chi connectivity index (χ1v) is 6.99. The van der Waals surface area contributed by atoms with E-state index in [1.165, 1.54) is 18.5 Å². The van der Waals surface area contributed by atoms with Gasteiger partial charge in [-0.2, -0.15) is 5.10 Å². The third kappa shape index (κ3) is 3.33. The second kappa shape index (κ2) is 6.34. The molecule has 0 aromatic carbocycles. The van der Waals surface area contributed by atoms with E-state index in [4.69, 9.17) is 4.74 Å². The fraction of sp³-hybridized carbons (Fsp3) is 0.786. The summed E-state index contributed by atoms with van der Waals surface area (Å²) in [7, 11) is 1.83. The van der Waals surface area contributed by atoms with Crippen LogP contribution < -0.4 is 0 Å². The van der Waals surface area contributed by atoms with E-state index in [0.717, 1.165) is 26.1 Å². The lowest BCUT2D eigenvalue weighted by Crippen LogP contribution is -2.44. The molecule has 0 radical (unpaired) electrons. The van der Waals surface area contributed by atoms with Gasteiger partial charge in [0, 0.05) is 32.9 Å². The van der Waals surface area contributed by atoms with Crippen molar-refractivity contribution < 1.29 is 4.74 Å². The molecule has 1 saturated heterocycles. The van der Waals surface area contributed by atoms with E-state index in [1.54, 1.807) is 0 Å². The first-order valence-electron chi connectivity index (χ1n) is 6.99. The number of likely N-dealkylation sites (tertiary alicyclic amines) is 1. The molecule has 4 heteroatoms. The lowest BCUT2D eigenvalue weighted by molar-refractivity contribution is -0.00447. The molecule has 1 aromatic rings. The Morgan fingerprint density at radius 3 is 3.00 bits per heavy atom. The first-order chi connectivity index (χ1) is 8.72. The van der Waals surface area contributed by atoms with Gasteiger partial charge in [-0.15, -0.1) is 0 Å². The highest BCUT2D eigenvalue weighted by Gasteiger charge is 2.25. The van der Waals surface area contributed by atoms with Crippen molar-refractivity contribution in [2.75, 3.05) is 26.7 Å². The molecule has 0 aliphatic carbocycles. The third-order valence-corrected chi connectivity index (χ3v) is 4.00. The number of hydrogen-bond acceptors (Lipinski definition) is 3. The van der Waals surface area contributed by atoms with E-state index in [9.17, 15) is 0 Å². The van der Waals surface area contributed by atoms with E-state index in [0.29, 0.717) is 12.0 Å². The molecular formula is C14H25N3O. The molecule has 4 nitrogen and oxygen atoms in total. The molecule has 1 aliphatic rings. The van der Waals surface area contributed by atoms with Gasteiger partial charge in [0.15, 0.2) is 0 Å². The smallest absolute Gasteiger partial charge is 0.0724 e. The molecule has 1 fully saturated rings. The zero-order valence-corrected chi connectivity index (χ0v) is 11.8. The van der Waals surface area contributed by atoms with Crippen LogP contribution in [0.25, 0.3) is 0 Å². The van der Waals surface area contributed by atoms with Crippen LogP contribution in [-0.4, -0.2) is 47.5 Å². The minimum Gasteiger partial charge on any atom is -0.380 e. The maximum atomic E-state index is 5.55. The van der Waals surface area contributed by atoms with Crippen LogP contribution in [0.1, 0.15) is 25.8 Å². The second-order valence-corrected chi connectivity index (χ2v) is 5.29. The summed E-state index contributed by atoms with van der Waals surface area (Å²) >= 11 is 0. The van der Waals surface area contributed by atoms with Crippen LogP contribution in [0.5, 0.6) is 0 Å². The molecule has 2 rings (SSSR count). The maximum Gasteiger partial charge on any atom is 0.0724 e. The standard InChI is InChI=1S/C14H25N3O/c1-4-17-10-13(9-15-17)6-8-16-7-5-12(2)14(11-16)18-3/h9-10,12,14H,4-8,11H2,1-3H3. The molecule has 2 heterocycles. The summed E-state index contributed by atoms with van der Waals surface area (Å²) in [5.41, 5.74) is 1.34. The molecule has 1 aliphatic heterocycles. The lowest BCUT2D eigenvalue weighted by Gasteiger charge is -2.36. The van der Waals surface area contributed by atoms with Gasteiger partial charge in [-0.05, 0) is 37.8 Å². The normalized spacial score (nSPS) is 25.5. The number of ether oxygens (including phenoxy) is 1. The van der Waals surface area contributed by atoms with Gasteiger partial charge in [-0.25, -0.2) is 0 Å². The Hall–Kier alpha value is -0.870. The topological polar surface area (TPSA) is 30.3 Å². The molecule has 0 N–H and O–H groups in total. The van der Waals surface area contributed by atoms with Gasteiger partial charge in [0.2, 0.25) is 0 Å². The molecule has 0 spiro atoms. The van der Waals surface area contributed by atoms with Crippen molar-refractivity contribution in [3.8, 4) is 0 Å². The van der Waals surface area contributed by atoms with Gasteiger partial charge in [0.05, 0.1) is 12.3 Å². The van der Waals surface area contributed by atoms with Crippen LogP contribution in [0, 0.1) is 5.92 Å². The van der Waals surface area contributed by atoms with Crippen molar-refractivity contribution in [1.82, 2.24) is 14.7 Å². The van der Waals surface area contributed by atoms with Crippen LogP contribution in [0.4, 0.5) is 0 Å². The van der Waals surface area contributed by atoms with Gasteiger partial charge in [-0.1, -0.05) is 6.92 Å². The SMILES string of the molecule is CCn1cc(CCN2CCC(C)C(OC)C2)cn1. The third-order valence-electron chi connectivity index (χ3n) is 4.00. The summed E-state index contributed by atoms with van der Waals surface area (Å²) in [6, 6.07) is 0. The number of rotatable bonds is 5. The van der Waals surface area contributed by atoms with Crippen LogP contribution in [0.15, 0.2) is 12.4 Å². The van der Waals surface area contributed by atoms with Crippen LogP contribution in [-0.2, 0) is 17.7 Å². The maximum absolute atomic E-state index is 5.55. The number of aryl methyl sites for hydroxylation is 1. The summed E-state index contributed by atoms with van der Waals surface area (Å²) in [4.78, 5) is 2.51. The number of nitrogens with zero attached hydrogens (tertiary/aromatic N) is 3. The summed E-state index contributed by atoms with van der Waals surface area (Å²) in [6.45, 7) is 8.74. The van der Waals surface area contributed by atoms with E-state index >= 15 is 0 Å². The van der Waals surface area contributed by atoms with E-state index < -0.39 is 0 Å². The molecule has 0 amide bonds. The van der Waals surface area contributed by atoms with Gasteiger partial charge in [0.25, 0.3) is 0 Å². The minimum atomic E-state index is 0.400. The van der Waals surface area contributed by atoms with Gasteiger partial charge < -0.3 is 9.64 Å². The zero-order chi connectivity index (χ0) is 13.0. The fourth-order valence-electron chi connectivity index (χ4n) is 2.60. The predicted octanol–water partition coefficient (Wildman–Crippen LogP) is 1.80. The first kappa shape index (κ1) is 13.6. The Labute approximate surface area is 110 Å². The largest absolute Gasteiger partial charge is 0.380 e. The molecule has 102 valence electrons. The Bertz CT molecular complexity index is 364. The van der Waals surface area contributed by atoms with Crippen molar-refractivity contribution in [1.29, 1.82) is 0 Å². The van der Waals surface area contributed by atoms with Crippen LogP contribution >= 0.6 is 0 Å². The van der Waals surface area contributed by atoms with Crippen LogP contribution in [0.2, 0.25) is 0 Å². The highest BCUT2D eigenvalue weighted by Crippen LogP contribution is 2.19. The molecular weight excluding hydrogens is 226 g/mol. The second-order valence-electron chi connectivity index (χ2n) is 5.29. The molecule has 2 atom stereocenters. The Balaban J connectivity index is 1.79. The highest BCUT2D eigenvalue weighted by molar-refractivity contribution is 5.04. The monoisotopic (exact) mass is 251 g/mol. The number of aromatic nitrogens is 2. The van der Waals surface area contributed by atoms with E-state index in [-0.39, 0.29) is 0 Å². The number of hydrogen-bond donors (Lipinski definition) is 0. The number of methoxy groups -OCH3 is 1. The highest BCUT2D eigenvalue weighted by atomic mass is 16.5. The van der Waals surface area contributed by atoms with Crippen molar-refractivity contribution in [3.63, 3.8) is 0 Å². The molecule has 18 heavy (non-hydrogen) atoms. The summed E-state index contributed by atoms with van der Waals surface area (Å²) in [6.07, 6.45) is 6.87. The summed E-state index contributed by atoms with van der Waals surface area (Å²) in [5, 5.41) is 4.32. The fourth-order valence-corrected chi connectivity index (χ4v) is 2.60. The quantitative estimate of drug-likeness (QED) is 0.799. The molecule has 1 aromatic heterocycles. The van der Waals surface area contributed by atoms with Gasteiger partial charge in [-0.3, -0.25) is 4.68 Å². The summed E-state index contributed by atoms with van der Waals surface area (Å²) in [5.74, 6) is 0.689. The van der Waals surface area contributed by atoms with E-state index in [2.05, 4.69) is 30.0 Å². The molecule has 2 unspecified atom stereocenters. The van der Waals surface area contributed by atoms with Crippen molar-refractivity contribution in [3.05, 3.63) is 18.0 Å². The van der Waals surface area contributed by atoms with Gasteiger partial charge in [0.1, 0.15) is 0 Å². The Morgan fingerprint density at radius 2 is 2.33 bits per heavy atom. The Kier molecular flexibility index (Phi) is 4.78. The zero-order valence-electron chi connectivity index (χ0n) is 11.8. The van der Waals surface area contributed by atoms with Crippen LogP contribution in [0.3, 0.4) is 0 Å². The molecule has 0 bridgehead atoms. The van der Waals surface area contributed by atoms with Crippen molar-refractivity contribution in [2.45, 2.75) is 39.3 Å².